The number of halogens is 2. The van der Waals surface area contributed by atoms with Crippen molar-refractivity contribution in [1.82, 2.24) is 0 Å². The number of benzene rings is 1. The average Bonchev–Trinajstić information content (AvgIpc) is 2.90. The molecule has 0 N–H and O–H groups in total. The molecular weight excluding hydrogens is 316 g/mol. The molecule has 1 aromatic rings. The molecule has 0 atom stereocenters. The highest BCUT2D eigenvalue weighted by Gasteiger charge is 2.24. The van der Waals surface area contributed by atoms with E-state index in [9.17, 15) is 8.42 Å². The van der Waals surface area contributed by atoms with Crippen molar-refractivity contribution in [3.8, 4) is 5.75 Å². The third-order valence-electron chi connectivity index (χ3n) is 2.15. The lowest BCUT2D eigenvalue weighted by atomic mass is 10.2. The zero-order chi connectivity index (χ0) is 11.8. The van der Waals surface area contributed by atoms with Crippen molar-refractivity contribution in [2.75, 3.05) is 0 Å². The molecule has 1 aliphatic rings. The van der Waals surface area contributed by atoms with Gasteiger partial charge in [0, 0.05) is 10.7 Å². The van der Waals surface area contributed by atoms with Crippen LogP contribution in [0.1, 0.15) is 18.4 Å². The maximum absolute atomic E-state index is 10.9. The molecular formula is C10H10BrClO3S. The van der Waals surface area contributed by atoms with Gasteiger partial charge in [0.15, 0.2) is 0 Å². The van der Waals surface area contributed by atoms with Gasteiger partial charge in [-0.25, -0.2) is 8.42 Å². The number of hydrogen-bond acceptors (Lipinski definition) is 3. The van der Waals surface area contributed by atoms with E-state index in [0.29, 0.717) is 11.7 Å². The molecule has 16 heavy (non-hydrogen) atoms. The Morgan fingerprint density at radius 3 is 2.62 bits per heavy atom. The molecule has 1 aliphatic carbocycles. The average molecular weight is 326 g/mol. The van der Waals surface area contributed by atoms with Gasteiger partial charge in [-0.3, -0.25) is 0 Å². The Labute approximate surface area is 107 Å². The van der Waals surface area contributed by atoms with E-state index < -0.39 is 9.05 Å². The predicted molar refractivity (Wildman–Crippen MR) is 66.3 cm³/mol. The van der Waals surface area contributed by atoms with Gasteiger partial charge >= 0.3 is 0 Å². The summed E-state index contributed by atoms with van der Waals surface area (Å²) in [7, 11) is 1.67. The highest BCUT2D eigenvalue weighted by Crippen LogP contribution is 2.33. The van der Waals surface area contributed by atoms with Gasteiger partial charge < -0.3 is 4.74 Å². The number of rotatable bonds is 4. The molecule has 1 saturated carbocycles. The number of hydrogen-bond donors (Lipinski definition) is 0. The van der Waals surface area contributed by atoms with Crippen molar-refractivity contribution in [2.24, 2.45) is 0 Å². The molecule has 0 aromatic heterocycles. The molecule has 1 fully saturated rings. The lowest BCUT2D eigenvalue weighted by Gasteiger charge is -2.08. The lowest BCUT2D eigenvalue weighted by Crippen LogP contribution is -1.99. The van der Waals surface area contributed by atoms with E-state index in [1.165, 1.54) is 0 Å². The van der Waals surface area contributed by atoms with Crippen molar-refractivity contribution >= 4 is 35.7 Å². The minimum Gasteiger partial charge on any atom is -0.489 e. The van der Waals surface area contributed by atoms with Crippen molar-refractivity contribution < 1.29 is 13.2 Å². The molecule has 0 spiro atoms. The van der Waals surface area contributed by atoms with E-state index in [0.717, 1.165) is 23.1 Å². The first-order valence-electron chi connectivity index (χ1n) is 4.81. The minimum absolute atomic E-state index is 0.170. The second-order valence-electron chi connectivity index (χ2n) is 3.77. The van der Waals surface area contributed by atoms with Crippen molar-refractivity contribution in [1.29, 1.82) is 0 Å². The highest BCUT2D eigenvalue weighted by atomic mass is 79.9. The molecule has 3 nitrogen and oxygen atoms in total. The van der Waals surface area contributed by atoms with E-state index in [1.807, 2.05) is 0 Å². The van der Waals surface area contributed by atoms with Gasteiger partial charge in [-0.15, -0.1) is 0 Å². The molecule has 0 aliphatic heterocycles. The van der Waals surface area contributed by atoms with Crippen LogP contribution in [-0.4, -0.2) is 14.5 Å². The van der Waals surface area contributed by atoms with Crippen LogP contribution in [0.4, 0.5) is 0 Å². The molecule has 0 saturated heterocycles. The van der Waals surface area contributed by atoms with E-state index in [-0.39, 0.29) is 5.75 Å². The van der Waals surface area contributed by atoms with Crippen LogP contribution >= 0.6 is 26.6 Å². The smallest absolute Gasteiger partial charge is 0.236 e. The maximum atomic E-state index is 10.9. The predicted octanol–water partition coefficient (Wildman–Crippen LogP) is 3.06. The quantitative estimate of drug-likeness (QED) is 0.799. The Kier molecular flexibility index (Phi) is 3.47. The molecule has 0 heterocycles. The van der Waals surface area contributed by atoms with Crippen LogP contribution in [0.5, 0.6) is 5.75 Å². The first kappa shape index (κ1) is 12.2. The fourth-order valence-electron chi connectivity index (χ4n) is 1.29. The fourth-order valence-corrected chi connectivity index (χ4v) is 2.77. The maximum Gasteiger partial charge on any atom is 0.236 e. The largest absolute Gasteiger partial charge is 0.489 e. The van der Waals surface area contributed by atoms with E-state index in [4.69, 9.17) is 15.4 Å². The molecule has 0 bridgehead atoms. The fraction of sp³-hybridized carbons (Fsp3) is 0.400. The Hall–Kier alpha value is -0.260. The third kappa shape index (κ3) is 3.64. The summed E-state index contributed by atoms with van der Waals surface area (Å²) < 4.78 is 28.2. The number of ether oxygens (including phenoxy) is 1. The standard InChI is InChI=1S/C10H10BrClO3S/c11-9-5-7(6-16(12,13)14)1-4-10(9)15-8-2-3-8/h1,4-5,8H,2-3,6H2. The van der Waals surface area contributed by atoms with E-state index in [1.54, 1.807) is 18.2 Å². The topological polar surface area (TPSA) is 43.4 Å². The van der Waals surface area contributed by atoms with Crippen molar-refractivity contribution in [3.05, 3.63) is 28.2 Å². The lowest BCUT2D eigenvalue weighted by molar-refractivity contribution is 0.301. The summed E-state index contributed by atoms with van der Waals surface area (Å²) in [5, 5.41) is 0. The Morgan fingerprint density at radius 1 is 1.44 bits per heavy atom. The third-order valence-corrected chi connectivity index (χ3v) is 3.78. The summed E-state index contributed by atoms with van der Waals surface area (Å²) >= 11 is 3.35. The summed E-state index contributed by atoms with van der Waals surface area (Å²) in [6, 6.07) is 5.19. The molecule has 88 valence electrons. The van der Waals surface area contributed by atoms with Gasteiger partial charge in [0.25, 0.3) is 0 Å². The van der Waals surface area contributed by atoms with Crippen LogP contribution in [0.3, 0.4) is 0 Å². The van der Waals surface area contributed by atoms with Gasteiger partial charge in [0.2, 0.25) is 9.05 Å². The summed E-state index contributed by atoms with van der Waals surface area (Å²) in [6.07, 6.45) is 2.49. The van der Waals surface area contributed by atoms with Gasteiger partial charge in [-0.05, 0) is 46.5 Å². The highest BCUT2D eigenvalue weighted by molar-refractivity contribution is 9.10. The van der Waals surface area contributed by atoms with Crippen LogP contribution in [-0.2, 0) is 14.8 Å². The second-order valence-corrected chi connectivity index (χ2v) is 7.40. The Balaban J connectivity index is 2.14. The van der Waals surface area contributed by atoms with E-state index in [2.05, 4.69) is 15.9 Å². The van der Waals surface area contributed by atoms with Crippen LogP contribution in [0, 0.1) is 0 Å². The second kappa shape index (κ2) is 4.55. The Bertz CT molecular complexity index is 497. The Morgan fingerprint density at radius 2 is 2.12 bits per heavy atom. The van der Waals surface area contributed by atoms with Gasteiger partial charge in [-0.1, -0.05) is 6.07 Å². The van der Waals surface area contributed by atoms with Crippen LogP contribution < -0.4 is 4.74 Å². The zero-order valence-corrected chi connectivity index (χ0v) is 11.5. The van der Waals surface area contributed by atoms with Crippen molar-refractivity contribution in [2.45, 2.75) is 24.7 Å². The monoisotopic (exact) mass is 324 g/mol. The molecule has 6 heteroatoms. The van der Waals surface area contributed by atoms with Crippen LogP contribution in [0.2, 0.25) is 0 Å². The minimum atomic E-state index is -3.51. The molecule has 0 amide bonds. The SMILES string of the molecule is O=S(=O)(Cl)Cc1ccc(OC2CC2)c(Br)c1. The van der Waals surface area contributed by atoms with E-state index >= 15 is 0 Å². The summed E-state index contributed by atoms with van der Waals surface area (Å²) in [4.78, 5) is 0. The molecule has 0 radical (unpaired) electrons. The van der Waals surface area contributed by atoms with Gasteiger partial charge in [0.1, 0.15) is 5.75 Å². The summed E-state index contributed by atoms with van der Waals surface area (Å²) in [5.74, 6) is 0.579. The summed E-state index contributed by atoms with van der Waals surface area (Å²) in [5.41, 5.74) is 0.644. The van der Waals surface area contributed by atoms with Crippen molar-refractivity contribution in [3.63, 3.8) is 0 Å². The van der Waals surface area contributed by atoms with Gasteiger partial charge in [-0.2, -0.15) is 0 Å². The first-order valence-corrected chi connectivity index (χ1v) is 8.08. The van der Waals surface area contributed by atoms with Crippen LogP contribution in [0.15, 0.2) is 22.7 Å². The van der Waals surface area contributed by atoms with Crippen LogP contribution in [0.25, 0.3) is 0 Å². The molecule has 2 rings (SSSR count). The first-order chi connectivity index (χ1) is 7.44. The normalized spacial score (nSPS) is 16.1. The summed E-state index contributed by atoms with van der Waals surface area (Å²) in [6.45, 7) is 0. The van der Waals surface area contributed by atoms with Gasteiger partial charge in [0.05, 0.1) is 16.3 Å². The molecule has 1 aromatic carbocycles. The zero-order valence-electron chi connectivity index (χ0n) is 8.32. The molecule has 0 unspecified atom stereocenters.